The minimum absolute atomic E-state index is 0.582. The van der Waals surface area contributed by atoms with Crippen LogP contribution in [0.4, 0.5) is 0 Å². The van der Waals surface area contributed by atoms with Gasteiger partial charge >= 0.3 is 0 Å². The Balaban J connectivity index is 1.95. The fourth-order valence-electron chi connectivity index (χ4n) is 1.81. The Morgan fingerprint density at radius 3 is 3.00 bits per heavy atom. The molecule has 0 amide bonds. The highest BCUT2D eigenvalue weighted by atomic mass is 32.2. The normalized spacial score (nSPS) is 13.1. The van der Waals surface area contributed by atoms with Gasteiger partial charge in [0.15, 0.2) is 0 Å². The maximum Gasteiger partial charge on any atom is 0.0346 e. The highest BCUT2D eigenvalue weighted by Crippen LogP contribution is 2.25. The molecule has 17 heavy (non-hydrogen) atoms. The molecular weight excluding hydrogens is 246 g/mol. The molecule has 0 aliphatic rings. The van der Waals surface area contributed by atoms with Crippen LogP contribution in [0.3, 0.4) is 0 Å². The highest BCUT2D eigenvalue weighted by molar-refractivity contribution is 7.99. The van der Waals surface area contributed by atoms with Gasteiger partial charge in [-0.3, -0.25) is 0 Å². The lowest BCUT2D eigenvalue weighted by atomic mass is 10.2. The summed E-state index contributed by atoms with van der Waals surface area (Å²) in [6.45, 7) is 5.45. The number of fused-ring (bicyclic) bond motifs is 1. The molecule has 1 aromatic heterocycles. The van der Waals surface area contributed by atoms with E-state index < -0.39 is 0 Å². The zero-order valence-corrected chi connectivity index (χ0v) is 12.0. The molecule has 1 atom stereocenters. The van der Waals surface area contributed by atoms with Gasteiger partial charge in [-0.1, -0.05) is 25.1 Å². The lowest BCUT2D eigenvalue weighted by Gasteiger charge is -2.12. The summed E-state index contributed by atoms with van der Waals surface area (Å²) in [4.78, 5) is 0. The summed E-state index contributed by atoms with van der Waals surface area (Å²) in [6.07, 6.45) is 0. The Labute approximate surface area is 112 Å². The first-order chi connectivity index (χ1) is 8.31. The summed E-state index contributed by atoms with van der Waals surface area (Å²) >= 11 is 3.84. The predicted octanol–water partition coefficient (Wildman–Crippen LogP) is 4.13. The fraction of sp³-hybridized carbons (Fsp3) is 0.429. The smallest absolute Gasteiger partial charge is 0.0346 e. The largest absolute Gasteiger partial charge is 0.309 e. The summed E-state index contributed by atoms with van der Waals surface area (Å²) in [5, 5.41) is 7.28. The molecular formula is C14H19NS2. The molecule has 0 spiro atoms. The number of benzene rings is 1. The summed E-state index contributed by atoms with van der Waals surface area (Å²) in [6, 6.07) is 9.22. The third kappa shape index (κ3) is 3.47. The zero-order valence-electron chi connectivity index (χ0n) is 10.4. The summed E-state index contributed by atoms with van der Waals surface area (Å²) in [5.41, 5.74) is 1.43. The molecule has 0 saturated heterocycles. The van der Waals surface area contributed by atoms with Crippen LogP contribution in [-0.2, 0) is 6.54 Å². The van der Waals surface area contributed by atoms with Crippen molar-refractivity contribution < 1.29 is 0 Å². The molecule has 3 heteroatoms. The van der Waals surface area contributed by atoms with Crippen LogP contribution in [0.5, 0.6) is 0 Å². The van der Waals surface area contributed by atoms with Crippen LogP contribution in [0, 0.1) is 0 Å². The van der Waals surface area contributed by atoms with E-state index in [4.69, 9.17) is 0 Å². The van der Waals surface area contributed by atoms with Gasteiger partial charge in [0.2, 0.25) is 0 Å². The lowest BCUT2D eigenvalue weighted by Crippen LogP contribution is -2.27. The zero-order chi connectivity index (χ0) is 12.1. The van der Waals surface area contributed by atoms with E-state index in [1.807, 2.05) is 23.1 Å². The Bertz CT molecular complexity index is 464. The molecule has 1 aromatic carbocycles. The van der Waals surface area contributed by atoms with Crippen molar-refractivity contribution in [2.24, 2.45) is 0 Å². The van der Waals surface area contributed by atoms with Crippen LogP contribution < -0.4 is 5.32 Å². The van der Waals surface area contributed by atoms with Crippen LogP contribution in [0.15, 0.2) is 29.6 Å². The molecule has 1 nitrogen and oxygen atoms in total. The Morgan fingerprint density at radius 2 is 2.18 bits per heavy atom. The topological polar surface area (TPSA) is 12.0 Å². The molecule has 1 N–H and O–H groups in total. The second kappa shape index (κ2) is 6.43. The van der Waals surface area contributed by atoms with Crippen LogP contribution in [-0.4, -0.2) is 17.5 Å². The van der Waals surface area contributed by atoms with Gasteiger partial charge in [-0.2, -0.15) is 11.8 Å². The first-order valence-corrected chi connectivity index (χ1v) is 8.11. The van der Waals surface area contributed by atoms with E-state index in [0.717, 1.165) is 6.54 Å². The van der Waals surface area contributed by atoms with Gasteiger partial charge in [0.05, 0.1) is 0 Å². The van der Waals surface area contributed by atoms with Gasteiger partial charge in [0.1, 0.15) is 0 Å². The van der Waals surface area contributed by atoms with Crippen LogP contribution >= 0.6 is 23.1 Å². The summed E-state index contributed by atoms with van der Waals surface area (Å²) in [5.74, 6) is 2.39. The van der Waals surface area contributed by atoms with Crippen molar-refractivity contribution in [3.63, 3.8) is 0 Å². The van der Waals surface area contributed by atoms with E-state index in [1.165, 1.54) is 27.2 Å². The molecule has 2 rings (SSSR count). The monoisotopic (exact) mass is 265 g/mol. The average molecular weight is 265 g/mol. The Kier molecular flexibility index (Phi) is 4.89. The van der Waals surface area contributed by atoms with Crippen molar-refractivity contribution in [3.8, 4) is 0 Å². The van der Waals surface area contributed by atoms with E-state index in [0.29, 0.717) is 6.04 Å². The number of hydrogen-bond acceptors (Lipinski definition) is 3. The Hall–Kier alpha value is -0.510. The summed E-state index contributed by atoms with van der Waals surface area (Å²) < 4.78 is 1.39. The number of thiophene rings is 1. The number of hydrogen-bond donors (Lipinski definition) is 1. The van der Waals surface area contributed by atoms with Crippen molar-refractivity contribution >= 4 is 33.2 Å². The second-order valence-electron chi connectivity index (χ2n) is 4.20. The van der Waals surface area contributed by atoms with Gasteiger partial charge in [-0.05, 0) is 35.1 Å². The van der Waals surface area contributed by atoms with Gasteiger partial charge in [0.25, 0.3) is 0 Å². The Morgan fingerprint density at radius 1 is 1.35 bits per heavy atom. The summed E-state index contributed by atoms with van der Waals surface area (Å²) in [7, 11) is 0. The molecule has 0 saturated carbocycles. The van der Waals surface area contributed by atoms with Crippen LogP contribution in [0.25, 0.3) is 10.1 Å². The molecule has 0 radical (unpaired) electrons. The van der Waals surface area contributed by atoms with E-state index in [2.05, 4.69) is 48.8 Å². The number of rotatable bonds is 6. The van der Waals surface area contributed by atoms with Crippen molar-refractivity contribution in [1.82, 2.24) is 5.32 Å². The average Bonchev–Trinajstić information content (AvgIpc) is 2.77. The van der Waals surface area contributed by atoms with Gasteiger partial charge in [-0.15, -0.1) is 11.3 Å². The molecule has 0 bridgehead atoms. The van der Waals surface area contributed by atoms with Crippen LogP contribution in [0.2, 0.25) is 0 Å². The van der Waals surface area contributed by atoms with Crippen molar-refractivity contribution in [2.45, 2.75) is 26.4 Å². The van der Waals surface area contributed by atoms with E-state index in [-0.39, 0.29) is 0 Å². The molecule has 92 valence electrons. The van der Waals surface area contributed by atoms with Crippen molar-refractivity contribution in [1.29, 1.82) is 0 Å². The molecule has 2 aromatic rings. The molecule has 0 fully saturated rings. The minimum atomic E-state index is 0.582. The lowest BCUT2D eigenvalue weighted by molar-refractivity contribution is 0.598. The van der Waals surface area contributed by atoms with E-state index in [9.17, 15) is 0 Å². The fourth-order valence-corrected chi connectivity index (χ4v) is 3.48. The second-order valence-corrected chi connectivity index (χ2v) is 6.43. The molecule has 0 aliphatic heterocycles. The molecule has 1 unspecified atom stereocenters. The van der Waals surface area contributed by atoms with Crippen molar-refractivity contribution in [2.75, 3.05) is 11.5 Å². The molecule has 1 heterocycles. The van der Waals surface area contributed by atoms with Crippen molar-refractivity contribution in [3.05, 3.63) is 35.2 Å². The highest BCUT2D eigenvalue weighted by Gasteiger charge is 2.05. The standard InChI is InChI=1S/C14H19NS2/c1-3-16-9-11(2)15-8-12-10-17-14-7-5-4-6-13(12)14/h4-7,10-11,15H,3,8-9H2,1-2H3. The van der Waals surface area contributed by atoms with Crippen LogP contribution in [0.1, 0.15) is 19.4 Å². The first-order valence-electron chi connectivity index (χ1n) is 6.07. The maximum absolute atomic E-state index is 3.60. The number of nitrogens with one attached hydrogen (secondary N) is 1. The van der Waals surface area contributed by atoms with E-state index in [1.54, 1.807) is 0 Å². The molecule has 0 aliphatic carbocycles. The van der Waals surface area contributed by atoms with Gasteiger partial charge < -0.3 is 5.32 Å². The van der Waals surface area contributed by atoms with Gasteiger partial charge in [0, 0.05) is 23.0 Å². The number of thioether (sulfide) groups is 1. The quantitative estimate of drug-likeness (QED) is 0.842. The third-order valence-corrected chi connectivity index (χ3v) is 4.93. The van der Waals surface area contributed by atoms with Gasteiger partial charge in [-0.25, -0.2) is 0 Å². The maximum atomic E-state index is 3.60. The van der Waals surface area contributed by atoms with E-state index >= 15 is 0 Å². The minimum Gasteiger partial charge on any atom is -0.309 e. The predicted molar refractivity (Wildman–Crippen MR) is 81.1 cm³/mol. The SMILES string of the molecule is CCSCC(C)NCc1csc2ccccc12. The third-order valence-electron chi connectivity index (χ3n) is 2.77. The first kappa shape index (κ1) is 12.9.